The average molecular weight is 493 g/mol. The van der Waals surface area contributed by atoms with Crippen molar-refractivity contribution in [2.75, 3.05) is 48.8 Å². The highest BCUT2D eigenvalue weighted by molar-refractivity contribution is 6.33. The molecule has 0 spiro atoms. The standard InChI is InChI=1S/C24H25ClN8O2/c1-35-19-14-15(32-11-8-27-9-12-32)6-7-18(19)29-22-20(21(26)34)23-28-10-13-33(23)24(31-22)30-17-5-3-2-4-16(17)25/h2-7,10,13-14,27,29H,8-9,11-12H2,1H3,(H2,26,34)(H,30,31). The second-order valence-electron chi connectivity index (χ2n) is 8.00. The van der Waals surface area contributed by atoms with Gasteiger partial charge in [-0.2, -0.15) is 4.98 Å². The van der Waals surface area contributed by atoms with Gasteiger partial charge in [-0.3, -0.25) is 9.20 Å². The van der Waals surface area contributed by atoms with Crippen LogP contribution in [0.4, 0.5) is 28.8 Å². The van der Waals surface area contributed by atoms with Crippen LogP contribution in [0.5, 0.6) is 5.75 Å². The maximum atomic E-state index is 12.5. The van der Waals surface area contributed by atoms with Crippen LogP contribution in [-0.2, 0) is 0 Å². The number of primary amides is 1. The van der Waals surface area contributed by atoms with E-state index in [1.807, 2.05) is 36.4 Å². The van der Waals surface area contributed by atoms with Gasteiger partial charge >= 0.3 is 0 Å². The zero-order valence-electron chi connectivity index (χ0n) is 19.1. The quantitative estimate of drug-likeness (QED) is 0.310. The Balaban J connectivity index is 1.56. The number of para-hydroxylation sites is 1. The summed E-state index contributed by atoms with van der Waals surface area (Å²) in [5, 5.41) is 10.3. The normalized spacial score (nSPS) is 13.6. The lowest BCUT2D eigenvalue weighted by molar-refractivity contribution is 0.100. The van der Waals surface area contributed by atoms with E-state index in [9.17, 15) is 4.79 Å². The molecule has 5 N–H and O–H groups in total. The van der Waals surface area contributed by atoms with E-state index >= 15 is 0 Å². The number of rotatable bonds is 7. The van der Waals surface area contributed by atoms with Crippen LogP contribution in [0.15, 0.2) is 54.9 Å². The number of hydrogen-bond donors (Lipinski definition) is 4. The Hall–Kier alpha value is -4.02. The van der Waals surface area contributed by atoms with Crippen LogP contribution in [0, 0.1) is 0 Å². The number of ether oxygens (including phenoxy) is 1. The molecule has 1 saturated heterocycles. The summed E-state index contributed by atoms with van der Waals surface area (Å²) in [6.45, 7) is 3.69. The summed E-state index contributed by atoms with van der Waals surface area (Å²) in [7, 11) is 1.60. The molecule has 0 unspecified atom stereocenters. The van der Waals surface area contributed by atoms with Gasteiger partial charge < -0.3 is 31.3 Å². The molecule has 2 aromatic carbocycles. The molecule has 0 atom stereocenters. The number of halogens is 1. The molecule has 5 rings (SSSR count). The van der Waals surface area contributed by atoms with Crippen LogP contribution in [0.3, 0.4) is 0 Å². The number of imidazole rings is 1. The first-order valence-corrected chi connectivity index (χ1v) is 11.5. The largest absolute Gasteiger partial charge is 0.494 e. The van der Waals surface area contributed by atoms with Crippen molar-refractivity contribution in [2.24, 2.45) is 5.73 Å². The first-order chi connectivity index (χ1) is 17.0. The topological polar surface area (TPSA) is 122 Å². The van der Waals surface area contributed by atoms with Crippen molar-refractivity contribution in [2.45, 2.75) is 0 Å². The second kappa shape index (κ2) is 9.69. The summed E-state index contributed by atoms with van der Waals surface area (Å²) in [5.74, 6) is 0.618. The molecule has 1 aliphatic heterocycles. The lowest BCUT2D eigenvalue weighted by atomic mass is 10.2. The van der Waals surface area contributed by atoms with Gasteiger partial charge in [-0.25, -0.2) is 4.98 Å². The Labute approximate surface area is 207 Å². The van der Waals surface area contributed by atoms with Crippen molar-refractivity contribution in [3.8, 4) is 5.75 Å². The smallest absolute Gasteiger partial charge is 0.256 e. The number of methoxy groups -OCH3 is 1. The third kappa shape index (κ3) is 4.53. The fourth-order valence-corrected chi connectivity index (χ4v) is 4.28. The molecule has 1 fully saturated rings. The molecule has 1 aliphatic rings. The minimum Gasteiger partial charge on any atom is -0.494 e. The van der Waals surface area contributed by atoms with Gasteiger partial charge in [0.25, 0.3) is 5.91 Å². The minimum absolute atomic E-state index is 0.160. The number of carbonyl (C=O) groups excluding carboxylic acids is 1. The predicted octanol–water partition coefficient (Wildman–Crippen LogP) is 3.39. The molecule has 2 aromatic heterocycles. The van der Waals surface area contributed by atoms with Crippen molar-refractivity contribution >= 4 is 52.0 Å². The minimum atomic E-state index is -0.656. The molecule has 10 nitrogen and oxygen atoms in total. The molecule has 0 bridgehead atoms. The molecule has 1 amide bonds. The fraction of sp³-hybridized carbons (Fsp3) is 0.208. The van der Waals surface area contributed by atoms with Crippen molar-refractivity contribution in [1.29, 1.82) is 0 Å². The molecule has 0 aliphatic carbocycles. The summed E-state index contributed by atoms with van der Waals surface area (Å²) >= 11 is 6.34. The van der Waals surface area contributed by atoms with Gasteiger partial charge in [-0.1, -0.05) is 23.7 Å². The van der Waals surface area contributed by atoms with E-state index < -0.39 is 5.91 Å². The van der Waals surface area contributed by atoms with Crippen molar-refractivity contribution < 1.29 is 9.53 Å². The number of nitrogens with zero attached hydrogens (tertiary/aromatic N) is 4. The third-order valence-electron chi connectivity index (χ3n) is 5.83. The van der Waals surface area contributed by atoms with Crippen LogP contribution in [0.1, 0.15) is 10.4 Å². The number of amides is 1. The number of nitrogens with one attached hydrogen (secondary N) is 3. The van der Waals surface area contributed by atoms with Crippen LogP contribution in [0.2, 0.25) is 5.02 Å². The number of benzene rings is 2. The molecule has 180 valence electrons. The zero-order chi connectivity index (χ0) is 24.4. The number of piperazine rings is 1. The monoisotopic (exact) mass is 492 g/mol. The first-order valence-electron chi connectivity index (χ1n) is 11.1. The molecular weight excluding hydrogens is 468 g/mol. The van der Waals surface area contributed by atoms with Gasteiger partial charge in [0, 0.05) is 50.3 Å². The molecule has 0 saturated carbocycles. The predicted molar refractivity (Wildman–Crippen MR) is 138 cm³/mol. The van der Waals surface area contributed by atoms with Crippen LogP contribution in [0.25, 0.3) is 5.65 Å². The van der Waals surface area contributed by atoms with Gasteiger partial charge in [0.15, 0.2) is 11.5 Å². The summed E-state index contributed by atoms with van der Waals surface area (Å²) < 4.78 is 7.31. The van der Waals surface area contributed by atoms with E-state index in [0.29, 0.717) is 33.7 Å². The molecule has 11 heteroatoms. The van der Waals surface area contributed by atoms with Crippen LogP contribution >= 0.6 is 11.6 Å². The number of aromatic nitrogens is 3. The van der Waals surface area contributed by atoms with Gasteiger partial charge in [-0.15, -0.1) is 0 Å². The van der Waals surface area contributed by atoms with Crippen molar-refractivity contribution in [3.63, 3.8) is 0 Å². The van der Waals surface area contributed by atoms with E-state index in [0.717, 1.165) is 31.9 Å². The Morgan fingerprint density at radius 2 is 1.94 bits per heavy atom. The first kappa shape index (κ1) is 22.8. The maximum absolute atomic E-state index is 12.5. The zero-order valence-corrected chi connectivity index (χ0v) is 19.8. The number of fused-ring (bicyclic) bond motifs is 1. The summed E-state index contributed by atoms with van der Waals surface area (Å²) in [6, 6.07) is 13.2. The summed E-state index contributed by atoms with van der Waals surface area (Å²) in [5.41, 5.74) is 8.63. The number of anilines is 5. The van der Waals surface area contributed by atoms with E-state index in [2.05, 4.69) is 30.8 Å². The maximum Gasteiger partial charge on any atom is 0.256 e. The Bertz CT molecular complexity index is 1380. The molecule has 0 radical (unpaired) electrons. The highest BCUT2D eigenvalue weighted by Crippen LogP contribution is 2.34. The van der Waals surface area contributed by atoms with E-state index in [4.69, 9.17) is 22.1 Å². The lowest BCUT2D eigenvalue weighted by Crippen LogP contribution is -2.43. The Morgan fingerprint density at radius 1 is 1.14 bits per heavy atom. The highest BCUT2D eigenvalue weighted by Gasteiger charge is 2.21. The number of nitrogens with two attached hydrogens (primary N) is 1. The third-order valence-corrected chi connectivity index (χ3v) is 6.16. The van der Waals surface area contributed by atoms with Gasteiger partial charge in [0.1, 0.15) is 11.3 Å². The van der Waals surface area contributed by atoms with E-state index in [1.165, 1.54) is 0 Å². The average Bonchev–Trinajstić information content (AvgIpc) is 3.36. The Kier molecular flexibility index (Phi) is 6.30. The van der Waals surface area contributed by atoms with Gasteiger partial charge in [-0.05, 0) is 24.3 Å². The fourth-order valence-electron chi connectivity index (χ4n) is 4.10. The molecule has 35 heavy (non-hydrogen) atoms. The summed E-state index contributed by atoms with van der Waals surface area (Å²) in [6.07, 6.45) is 3.27. The SMILES string of the molecule is COc1cc(N2CCNCC2)ccc1Nc1nc(Nc2ccccc2Cl)n2ccnc2c1C(N)=O. The van der Waals surface area contributed by atoms with E-state index in [1.54, 1.807) is 30.0 Å². The van der Waals surface area contributed by atoms with Gasteiger partial charge in [0.05, 0.1) is 23.5 Å². The van der Waals surface area contributed by atoms with Crippen LogP contribution < -0.4 is 31.3 Å². The van der Waals surface area contributed by atoms with Crippen molar-refractivity contribution in [3.05, 3.63) is 65.4 Å². The highest BCUT2D eigenvalue weighted by atomic mass is 35.5. The number of hydrogen-bond acceptors (Lipinski definition) is 8. The lowest BCUT2D eigenvalue weighted by Gasteiger charge is -2.30. The van der Waals surface area contributed by atoms with Crippen molar-refractivity contribution in [1.82, 2.24) is 19.7 Å². The summed E-state index contributed by atoms with van der Waals surface area (Å²) in [4.78, 5) is 23.8. The molecule has 4 aromatic rings. The van der Waals surface area contributed by atoms with E-state index in [-0.39, 0.29) is 11.4 Å². The molecule has 3 heterocycles. The Morgan fingerprint density at radius 3 is 2.69 bits per heavy atom. The van der Waals surface area contributed by atoms with Gasteiger partial charge in [0.2, 0.25) is 5.95 Å². The second-order valence-corrected chi connectivity index (χ2v) is 8.40. The van der Waals surface area contributed by atoms with Crippen LogP contribution in [-0.4, -0.2) is 53.6 Å². The molecular formula is C24H25ClN8O2. The number of carbonyl (C=O) groups is 1.